The van der Waals surface area contributed by atoms with Gasteiger partial charge in [-0.2, -0.15) is 0 Å². The fourth-order valence-electron chi connectivity index (χ4n) is 4.75. The van der Waals surface area contributed by atoms with Crippen molar-refractivity contribution in [1.29, 1.82) is 0 Å². The van der Waals surface area contributed by atoms with E-state index in [1.165, 1.54) is 0 Å². The van der Waals surface area contributed by atoms with E-state index in [0.717, 1.165) is 35.1 Å². The number of carboxylic acid groups (broad SMARTS) is 1. The summed E-state index contributed by atoms with van der Waals surface area (Å²) < 4.78 is 5.57. The average molecular weight is 475 g/mol. The van der Waals surface area contributed by atoms with Gasteiger partial charge in [0.25, 0.3) is 0 Å². The van der Waals surface area contributed by atoms with E-state index < -0.39 is 24.0 Å². The minimum atomic E-state index is -0.886. The third kappa shape index (κ3) is 6.02. The van der Waals surface area contributed by atoms with Crippen molar-refractivity contribution in [3.05, 3.63) is 59.7 Å². The number of ether oxygens (including phenoxy) is 1. The smallest absolute Gasteiger partial charge is 0.407 e. The number of alkyl carbamates (subject to hydrolysis) is 1. The summed E-state index contributed by atoms with van der Waals surface area (Å²) in [5.41, 5.74) is 4.49. The number of carbonyl (C=O) groups is 3. The van der Waals surface area contributed by atoms with Crippen LogP contribution in [0, 0.1) is 23.7 Å². The maximum atomic E-state index is 12.8. The molecule has 182 valence electrons. The zero-order chi connectivity index (χ0) is 24.8. The third-order valence-electron chi connectivity index (χ3n) is 6.70. The van der Waals surface area contributed by atoms with E-state index in [0.29, 0.717) is 5.92 Å². The average Bonchev–Trinajstić information content (AvgIpc) is 3.65. The van der Waals surface area contributed by atoms with Gasteiger partial charge in [-0.15, -0.1) is 11.8 Å². The molecule has 3 N–H and O–H groups in total. The molecule has 2 unspecified atom stereocenters. The molecule has 1 saturated carbocycles. The highest BCUT2D eigenvalue weighted by molar-refractivity contribution is 5.86. The molecule has 2 aromatic rings. The molecule has 2 aromatic carbocycles. The molecule has 2 amide bonds. The summed E-state index contributed by atoms with van der Waals surface area (Å²) in [6.07, 6.45) is 1.44. The molecule has 4 rings (SSSR count). The summed E-state index contributed by atoms with van der Waals surface area (Å²) in [6, 6.07) is 15.3. The lowest BCUT2D eigenvalue weighted by molar-refractivity contribution is -0.138. The topological polar surface area (TPSA) is 105 Å². The summed E-state index contributed by atoms with van der Waals surface area (Å²) in [7, 11) is 0. The van der Waals surface area contributed by atoms with Gasteiger partial charge in [0.15, 0.2) is 0 Å². The SMILES string of the molecule is CC#CCC(NC(=O)OCC1c2ccccc2-c2ccccc21)C(=O)NCC(CC(=O)O)C1CC1. The number of aliphatic carboxylic acids is 1. The van der Waals surface area contributed by atoms with E-state index in [9.17, 15) is 14.4 Å². The second-order valence-electron chi connectivity index (χ2n) is 9.09. The van der Waals surface area contributed by atoms with Gasteiger partial charge < -0.3 is 20.5 Å². The van der Waals surface area contributed by atoms with Gasteiger partial charge in [-0.3, -0.25) is 9.59 Å². The Labute approximate surface area is 205 Å². The Morgan fingerprint density at radius 3 is 2.26 bits per heavy atom. The first kappa shape index (κ1) is 24.3. The molecule has 0 aliphatic heterocycles. The number of hydrogen-bond acceptors (Lipinski definition) is 4. The van der Waals surface area contributed by atoms with Crippen molar-refractivity contribution in [3.8, 4) is 23.0 Å². The van der Waals surface area contributed by atoms with Crippen LogP contribution in [0.1, 0.15) is 49.7 Å². The van der Waals surface area contributed by atoms with Crippen LogP contribution in [0.4, 0.5) is 4.79 Å². The molecule has 0 radical (unpaired) electrons. The Morgan fingerprint density at radius 1 is 1.06 bits per heavy atom. The van der Waals surface area contributed by atoms with Gasteiger partial charge in [-0.25, -0.2) is 4.79 Å². The van der Waals surface area contributed by atoms with Gasteiger partial charge in [-0.1, -0.05) is 48.5 Å². The van der Waals surface area contributed by atoms with Crippen LogP contribution in [0.2, 0.25) is 0 Å². The van der Waals surface area contributed by atoms with Gasteiger partial charge in [-0.05, 0) is 53.9 Å². The maximum Gasteiger partial charge on any atom is 0.407 e. The summed E-state index contributed by atoms with van der Waals surface area (Å²) in [6.45, 7) is 2.08. The van der Waals surface area contributed by atoms with Gasteiger partial charge in [0.2, 0.25) is 5.91 Å². The van der Waals surface area contributed by atoms with Crippen LogP contribution in [0.25, 0.3) is 11.1 Å². The normalized spacial score (nSPS) is 15.6. The Morgan fingerprint density at radius 2 is 1.69 bits per heavy atom. The molecule has 0 bridgehead atoms. The molecule has 2 aliphatic rings. The lowest BCUT2D eigenvalue weighted by Gasteiger charge is -2.20. The maximum absolute atomic E-state index is 12.8. The van der Waals surface area contributed by atoms with Crippen molar-refractivity contribution in [3.63, 3.8) is 0 Å². The van der Waals surface area contributed by atoms with Crippen molar-refractivity contribution in [2.24, 2.45) is 11.8 Å². The van der Waals surface area contributed by atoms with Crippen LogP contribution in [0.3, 0.4) is 0 Å². The monoisotopic (exact) mass is 474 g/mol. The standard InChI is InChI=1S/C28H30N2O5/c1-2-3-12-25(27(33)29-16-19(15-26(31)32)18-13-14-18)30-28(34)35-17-24-22-10-6-4-8-20(22)21-9-5-7-11-23(21)24/h4-11,18-19,24-25H,12-17H2,1H3,(H,29,33)(H,30,34)(H,31,32). The number of carbonyl (C=O) groups excluding carboxylic acids is 2. The Balaban J connectivity index is 1.36. The largest absolute Gasteiger partial charge is 0.481 e. The number of fused-ring (bicyclic) bond motifs is 3. The van der Waals surface area contributed by atoms with E-state index in [1.807, 2.05) is 36.4 Å². The molecule has 35 heavy (non-hydrogen) atoms. The number of rotatable bonds is 10. The summed E-state index contributed by atoms with van der Waals surface area (Å²) >= 11 is 0. The van der Waals surface area contributed by atoms with E-state index in [4.69, 9.17) is 9.84 Å². The molecular formula is C28H30N2O5. The molecule has 0 heterocycles. The first-order chi connectivity index (χ1) is 17.0. The predicted molar refractivity (Wildman–Crippen MR) is 132 cm³/mol. The quantitative estimate of drug-likeness (QED) is 0.453. The van der Waals surface area contributed by atoms with Gasteiger partial charge >= 0.3 is 12.1 Å². The molecular weight excluding hydrogens is 444 g/mol. The molecule has 0 aromatic heterocycles. The summed E-state index contributed by atoms with van der Waals surface area (Å²) in [5.74, 6) is 4.46. The van der Waals surface area contributed by atoms with Crippen LogP contribution < -0.4 is 10.6 Å². The highest BCUT2D eigenvalue weighted by Crippen LogP contribution is 2.44. The number of nitrogens with one attached hydrogen (secondary N) is 2. The van der Waals surface area contributed by atoms with Gasteiger partial charge in [0, 0.05) is 18.9 Å². The van der Waals surface area contributed by atoms with Crippen LogP contribution >= 0.6 is 0 Å². The van der Waals surface area contributed by atoms with E-state index in [1.54, 1.807) is 6.92 Å². The Bertz CT molecular complexity index is 1120. The minimum absolute atomic E-state index is 0.0180. The zero-order valence-corrected chi connectivity index (χ0v) is 19.8. The first-order valence-corrected chi connectivity index (χ1v) is 12.0. The Hall–Kier alpha value is -3.79. The second-order valence-corrected chi connectivity index (χ2v) is 9.09. The zero-order valence-electron chi connectivity index (χ0n) is 19.8. The van der Waals surface area contributed by atoms with E-state index in [-0.39, 0.29) is 37.8 Å². The number of benzene rings is 2. The number of amides is 2. The lowest BCUT2D eigenvalue weighted by atomic mass is 9.98. The van der Waals surface area contributed by atoms with Crippen LogP contribution in [-0.4, -0.2) is 42.3 Å². The van der Waals surface area contributed by atoms with Crippen LogP contribution in [-0.2, 0) is 14.3 Å². The second kappa shape index (κ2) is 11.1. The highest BCUT2D eigenvalue weighted by Gasteiger charge is 2.34. The van der Waals surface area contributed by atoms with Gasteiger partial charge in [0.05, 0.1) is 6.42 Å². The molecule has 7 nitrogen and oxygen atoms in total. The molecule has 1 fully saturated rings. The summed E-state index contributed by atoms with van der Waals surface area (Å²) in [4.78, 5) is 36.6. The highest BCUT2D eigenvalue weighted by atomic mass is 16.5. The van der Waals surface area contributed by atoms with Crippen LogP contribution in [0.15, 0.2) is 48.5 Å². The predicted octanol–water partition coefficient (Wildman–Crippen LogP) is 3.92. The van der Waals surface area contributed by atoms with Crippen molar-refractivity contribution in [2.45, 2.75) is 44.6 Å². The Kier molecular flexibility index (Phi) is 7.71. The number of carboxylic acids is 1. The molecule has 0 saturated heterocycles. The summed E-state index contributed by atoms with van der Waals surface area (Å²) in [5, 5.41) is 14.6. The third-order valence-corrected chi connectivity index (χ3v) is 6.70. The molecule has 0 spiro atoms. The van der Waals surface area contributed by atoms with Gasteiger partial charge in [0.1, 0.15) is 12.6 Å². The molecule has 7 heteroatoms. The number of hydrogen-bond donors (Lipinski definition) is 3. The van der Waals surface area contributed by atoms with Crippen LogP contribution in [0.5, 0.6) is 0 Å². The molecule has 2 aliphatic carbocycles. The van der Waals surface area contributed by atoms with E-state index in [2.05, 4.69) is 34.6 Å². The first-order valence-electron chi connectivity index (χ1n) is 12.0. The van der Waals surface area contributed by atoms with E-state index >= 15 is 0 Å². The van der Waals surface area contributed by atoms with Crippen molar-refractivity contribution >= 4 is 18.0 Å². The minimum Gasteiger partial charge on any atom is -0.481 e. The fourth-order valence-corrected chi connectivity index (χ4v) is 4.75. The molecule has 2 atom stereocenters. The van der Waals surface area contributed by atoms with Crippen molar-refractivity contribution in [2.75, 3.05) is 13.2 Å². The van der Waals surface area contributed by atoms with Crippen molar-refractivity contribution < 1.29 is 24.2 Å². The lowest BCUT2D eigenvalue weighted by Crippen LogP contribution is -2.48. The van der Waals surface area contributed by atoms with Crippen molar-refractivity contribution in [1.82, 2.24) is 10.6 Å². The fraction of sp³-hybridized carbons (Fsp3) is 0.393.